The van der Waals surface area contributed by atoms with Crippen LogP contribution < -0.4 is 14.8 Å². The van der Waals surface area contributed by atoms with Gasteiger partial charge >= 0.3 is 6.61 Å². The van der Waals surface area contributed by atoms with E-state index in [0.717, 1.165) is 12.1 Å². The summed E-state index contributed by atoms with van der Waals surface area (Å²) in [6, 6.07) is 8.92. The molecule has 1 N–H and O–H groups in total. The second-order valence-electron chi connectivity index (χ2n) is 4.31. The van der Waals surface area contributed by atoms with Gasteiger partial charge in [-0.1, -0.05) is 11.6 Å². The molecule has 122 valence electrons. The Morgan fingerprint density at radius 1 is 1.17 bits per heavy atom. The summed E-state index contributed by atoms with van der Waals surface area (Å²) >= 11 is 5.76. The molecule has 0 fully saturated rings. The first-order valence-electron chi connectivity index (χ1n) is 6.36. The average Bonchev–Trinajstić information content (AvgIpc) is 2.48. The van der Waals surface area contributed by atoms with Crippen molar-refractivity contribution in [1.82, 2.24) is 0 Å². The summed E-state index contributed by atoms with van der Waals surface area (Å²) in [7, 11) is 0. The smallest absolute Gasteiger partial charge is 0.387 e. The van der Waals surface area contributed by atoms with Crippen molar-refractivity contribution in [3.05, 3.63) is 53.3 Å². The Bertz CT molecular complexity index is 680. The van der Waals surface area contributed by atoms with Gasteiger partial charge in [0.25, 0.3) is 5.91 Å². The molecule has 0 aliphatic carbocycles. The predicted molar refractivity (Wildman–Crippen MR) is 78.6 cm³/mol. The maximum Gasteiger partial charge on any atom is 0.387 e. The highest BCUT2D eigenvalue weighted by molar-refractivity contribution is 6.32. The fourth-order valence-electron chi connectivity index (χ4n) is 1.65. The summed E-state index contributed by atoms with van der Waals surface area (Å²) in [4.78, 5) is 11.7. The molecular formula is C15H11ClF3NO3. The van der Waals surface area contributed by atoms with Crippen molar-refractivity contribution in [2.45, 2.75) is 6.61 Å². The molecule has 0 aliphatic rings. The van der Waals surface area contributed by atoms with Crippen LogP contribution in [0, 0.1) is 5.82 Å². The maximum absolute atomic E-state index is 12.9. The van der Waals surface area contributed by atoms with Gasteiger partial charge in [0.05, 0.1) is 5.02 Å². The molecule has 0 saturated heterocycles. The Kier molecular flexibility index (Phi) is 5.70. The van der Waals surface area contributed by atoms with E-state index in [-0.39, 0.29) is 23.1 Å². The fourth-order valence-corrected chi connectivity index (χ4v) is 1.87. The molecule has 2 aromatic carbocycles. The standard InChI is InChI=1S/C15H11ClF3NO3/c16-12-7-9(17)1-6-13(12)22-8-14(21)20-10-2-4-11(5-3-10)23-15(18)19/h1-7,15H,8H2,(H,20,21). The van der Waals surface area contributed by atoms with Gasteiger partial charge in [0, 0.05) is 5.69 Å². The van der Waals surface area contributed by atoms with E-state index in [1.165, 1.54) is 30.3 Å². The van der Waals surface area contributed by atoms with Gasteiger partial charge in [0.2, 0.25) is 0 Å². The molecule has 0 aromatic heterocycles. The second-order valence-corrected chi connectivity index (χ2v) is 4.72. The minimum Gasteiger partial charge on any atom is -0.482 e. The van der Waals surface area contributed by atoms with Crippen molar-refractivity contribution in [1.29, 1.82) is 0 Å². The third kappa shape index (κ3) is 5.37. The highest BCUT2D eigenvalue weighted by Gasteiger charge is 2.08. The van der Waals surface area contributed by atoms with Crippen LogP contribution in [0.1, 0.15) is 0 Å². The van der Waals surface area contributed by atoms with E-state index >= 15 is 0 Å². The first-order valence-corrected chi connectivity index (χ1v) is 6.74. The molecule has 0 heterocycles. The van der Waals surface area contributed by atoms with E-state index in [9.17, 15) is 18.0 Å². The van der Waals surface area contributed by atoms with Crippen LogP contribution in [0.3, 0.4) is 0 Å². The summed E-state index contributed by atoms with van der Waals surface area (Å²) in [5, 5.41) is 2.55. The van der Waals surface area contributed by atoms with E-state index in [2.05, 4.69) is 10.1 Å². The number of rotatable bonds is 6. The van der Waals surface area contributed by atoms with E-state index in [0.29, 0.717) is 5.69 Å². The SMILES string of the molecule is O=C(COc1ccc(F)cc1Cl)Nc1ccc(OC(F)F)cc1. The van der Waals surface area contributed by atoms with Crippen molar-refractivity contribution in [3.8, 4) is 11.5 Å². The van der Waals surface area contributed by atoms with E-state index in [1.54, 1.807) is 0 Å². The van der Waals surface area contributed by atoms with E-state index in [1.807, 2.05) is 0 Å². The molecule has 1 amide bonds. The Morgan fingerprint density at radius 3 is 2.48 bits per heavy atom. The number of ether oxygens (including phenoxy) is 2. The van der Waals surface area contributed by atoms with Crippen LogP contribution in [0.2, 0.25) is 5.02 Å². The van der Waals surface area contributed by atoms with Crippen LogP contribution in [0.4, 0.5) is 18.9 Å². The molecule has 0 spiro atoms. The van der Waals surface area contributed by atoms with Crippen LogP contribution in [-0.2, 0) is 4.79 Å². The quantitative estimate of drug-likeness (QED) is 0.857. The molecule has 0 atom stereocenters. The summed E-state index contributed by atoms with van der Waals surface area (Å²) < 4.78 is 46.2. The Morgan fingerprint density at radius 2 is 1.87 bits per heavy atom. The van der Waals surface area contributed by atoms with Gasteiger partial charge < -0.3 is 14.8 Å². The lowest BCUT2D eigenvalue weighted by molar-refractivity contribution is -0.118. The topological polar surface area (TPSA) is 47.6 Å². The Hall–Kier alpha value is -2.41. The normalized spacial score (nSPS) is 10.5. The highest BCUT2D eigenvalue weighted by atomic mass is 35.5. The molecule has 0 unspecified atom stereocenters. The number of halogens is 4. The number of amides is 1. The van der Waals surface area contributed by atoms with Crippen LogP contribution in [0.5, 0.6) is 11.5 Å². The minimum absolute atomic E-state index is 0.0210. The summed E-state index contributed by atoms with van der Waals surface area (Å²) in [6.07, 6.45) is 0. The lowest BCUT2D eigenvalue weighted by atomic mass is 10.3. The van der Waals surface area contributed by atoms with Gasteiger partial charge in [0.15, 0.2) is 6.61 Å². The first kappa shape index (κ1) is 17.0. The summed E-state index contributed by atoms with van der Waals surface area (Å²) in [6.45, 7) is -3.26. The van der Waals surface area contributed by atoms with E-state index < -0.39 is 18.3 Å². The highest BCUT2D eigenvalue weighted by Crippen LogP contribution is 2.24. The maximum atomic E-state index is 12.9. The molecule has 4 nitrogen and oxygen atoms in total. The first-order chi connectivity index (χ1) is 10.9. The van der Waals surface area contributed by atoms with Gasteiger partial charge in [-0.15, -0.1) is 0 Å². The number of hydrogen-bond donors (Lipinski definition) is 1. The zero-order valence-corrected chi connectivity index (χ0v) is 12.3. The summed E-state index contributed by atoms with van der Waals surface area (Å²) in [5.74, 6) is -0.859. The van der Waals surface area contributed by atoms with Crippen LogP contribution >= 0.6 is 11.6 Å². The molecule has 2 rings (SSSR count). The van der Waals surface area contributed by atoms with Crippen molar-refractivity contribution in [3.63, 3.8) is 0 Å². The second kappa shape index (κ2) is 7.73. The van der Waals surface area contributed by atoms with Gasteiger partial charge in [-0.25, -0.2) is 4.39 Å². The van der Waals surface area contributed by atoms with Gasteiger partial charge in [-0.2, -0.15) is 8.78 Å². The Balaban J connectivity index is 1.87. The van der Waals surface area contributed by atoms with Gasteiger partial charge in [-0.3, -0.25) is 4.79 Å². The molecule has 23 heavy (non-hydrogen) atoms. The predicted octanol–water partition coefficient (Wildman–Crippen LogP) is 4.10. The lowest BCUT2D eigenvalue weighted by Crippen LogP contribution is -2.20. The molecule has 0 aliphatic heterocycles. The van der Waals surface area contributed by atoms with Gasteiger partial charge in [-0.05, 0) is 42.5 Å². The number of hydrogen-bond acceptors (Lipinski definition) is 3. The zero-order chi connectivity index (χ0) is 16.8. The van der Waals surface area contributed by atoms with Crippen LogP contribution in [0.15, 0.2) is 42.5 Å². The monoisotopic (exact) mass is 345 g/mol. The number of alkyl halides is 2. The average molecular weight is 346 g/mol. The molecule has 2 aromatic rings. The number of benzene rings is 2. The third-order valence-electron chi connectivity index (χ3n) is 2.62. The van der Waals surface area contributed by atoms with Crippen molar-refractivity contribution in [2.75, 3.05) is 11.9 Å². The molecule has 8 heteroatoms. The molecule has 0 saturated carbocycles. The minimum atomic E-state index is -2.91. The molecular weight excluding hydrogens is 335 g/mol. The van der Waals surface area contributed by atoms with Crippen molar-refractivity contribution in [2.24, 2.45) is 0 Å². The Labute approximate surface area is 134 Å². The lowest BCUT2D eigenvalue weighted by Gasteiger charge is -2.09. The van der Waals surface area contributed by atoms with Gasteiger partial charge in [0.1, 0.15) is 17.3 Å². The number of anilines is 1. The fraction of sp³-hybridized carbons (Fsp3) is 0.133. The number of carbonyl (C=O) groups excluding carboxylic acids is 1. The van der Waals surface area contributed by atoms with Crippen LogP contribution in [-0.4, -0.2) is 19.1 Å². The van der Waals surface area contributed by atoms with Crippen LogP contribution in [0.25, 0.3) is 0 Å². The molecule has 0 radical (unpaired) electrons. The van der Waals surface area contributed by atoms with Crippen molar-refractivity contribution < 1.29 is 27.4 Å². The zero-order valence-electron chi connectivity index (χ0n) is 11.6. The summed E-state index contributed by atoms with van der Waals surface area (Å²) in [5.41, 5.74) is 0.380. The van der Waals surface area contributed by atoms with Crippen molar-refractivity contribution >= 4 is 23.2 Å². The van der Waals surface area contributed by atoms with E-state index in [4.69, 9.17) is 16.3 Å². The third-order valence-corrected chi connectivity index (χ3v) is 2.91. The molecule has 0 bridgehead atoms. The number of carbonyl (C=O) groups is 1. The number of nitrogens with one attached hydrogen (secondary N) is 1. The largest absolute Gasteiger partial charge is 0.482 e.